The van der Waals surface area contributed by atoms with Crippen molar-refractivity contribution in [2.75, 3.05) is 13.2 Å². The monoisotopic (exact) mass is 205 g/mol. The van der Waals surface area contributed by atoms with Crippen LogP contribution in [0.15, 0.2) is 29.6 Å². The van der Waals surface area contributed by atoms with Gasteiger partial charge in [0.2, 0.25) is 0 Å². The highest BCUT2D eigenvalue weighted by molar-refractivity contribution is 7.17. The van der Waals surface area contributed by atoms with Gasteiger partial charge in [0.15, 0.2) is 0 Å². The summed E-state index contributed by atoms with van der Waals surface area (Å²) >= 11 is 1.76. The van der Waals surface area contributed by atoms with Gasteiger partial charge in [-0.25, -0.2) is 0 Å². The third kappa shape index (κ3) is 1.10. The Morgan fingerprint density at radius 3 is 2.86 bits per heavy atom. The van der Waals surface area contributed by atoms with E-state index in [4.69, 9.17) is 10.5 Å². The fraction of sp³-hybridized carbons (Fsp3) is 0.273. The summed E-state index contributed by atoms with van der Waals surface area (Å²) in [7, 11) is 0. The molecule has 1 aromatic carbocycles. The highest BCUT2D eigenvalue weighted by atomic mass is 32.1. The molecule has 0 aliphatic carbocycles. The number of nitrogens with two attached hydrogens (primary N) is 1. The van der Waals surface area contributed by atoms with Crippen LogP contribution >= 0.6 is 11.3 Å². The van der Waals surface area contributed by atoms with Gasteiger partial charge in [-0.2, -0.15) is 0 Å². The summed E-state index contributed by atoms with van der Waals surface area (Å²) in [6, 6.07) is 8.55. The Kier molecular flexibility index (Phi) is 1.68. The van der Waals surface area contributed by atoms with E-state index in [1.165, 1.54) is 15.6 Å². The van der Waals surface area contributed by atoms with E-state index >= 15 is 0 Å². The van der Waals surface area contributed by atoms with Crippen molar-refractivity contribution in [3.8, 4) is 0 Å². The zero-order chi connectivity index (χ0) is 9.60. The van der Waals surface area contributed by atoms with E-state index in [9.17, 15) is 0 Å². The minimum atomic E-state index is -0.238. The van der Waals surface area contributed by atoms with Crippen molar-refractivity contribution in [3.63, 3.8) is 0 Å². The minimum absolute atomic E-state index is 0.238. The zero-order valence-corrected chi connectivity index (χ0v) is 8.51. The molecule has 2 heterocycles. The normalized spacial score (nSPS) is 19.5. The van der Waals surface area contributed by atoms with Crippen LogP contribution in [0.2, 0.25) is 0 Å². The molecule has 72 valence electrons. The van der Waals surface area contributed by atoms with Crippen LogP contribution in [0, 0.1) is 0 Å². The summed E-state index contributed by atoms with van der Waals surface area (Å²) in [6.07, 6.45) is 0. The smallest absolute Gasteiger partial charge is 0.0884 e. The molecule has 1 aromatic heterocycles. The first-order valence-electron chi connectivity index (χ1n) is 4.62. The Labute approximate surface area is 86.3 Å². The number of rotatable bonds is 1. The SMILES string of the molecule is NC1(c2ccc3ccsc3c2)COC1. The molecule has 3 rings (SSSR count). The lowest BCUT2D eigenvalue weighted by Crippen LogP contribution is -2.54. The average Bonchev–Trinajstić information content (AvgIpc) is 2.60. The van der Waals surface area contributed by atoms with Gasteiger partial charge in [-0.1, -0.05) is 12.1 Å². The second-order valence-electron chi connectivity index (χ2n) is 3.82. The molecule has 1 aliphatic rings. The largest absolute Gasteiger partial charge is 0.377 e. The van der Waals surface area contributed by atoms with Gasteiger partial charge in [0, 0.05) is 4.70 Å². The van der Waals surface area contributed by atoms with Crippen molar-refractivity contribution in [3.05, 3.63) is 35.2 Å². The van der Waals surface area contributed by atoms with Crippen molar-refractivity contribution in [1.29, 1.82) is 0 Å². The van der Waals surface area contributed by atoms with Crippen LogP contribution in [-0.2, 0) is 10.3 Å². The molecule has 0 spiro atoms. The summed E-state index contributed by atoms with van der Waals surface area (Å²) in [4.78, 5) is 0. The maximum Gasteiger partial charge on any atom is 0.0884 e. The first-order chi connectivity index (χ1) is 6.78. The Morgan fingerprint density at radius 2 is 2.14 bits per heavy atom. The fourth-order valence-corrected chi connectivity index (χ4v) is 2.58. The van der Waals surface area contributed by atoms with Crippen LogP contribution < -0.4 is 5.73 Å². The van der Waals surface area contributed by atoms with Gasteiger partial charge in [-0.05, 0) is 28.5 Å². The quantitative estimate of drug-likeness (QED) is 0.773. The molecule has 0 unspecified atom stereocenters. The maximum absolute atomic E-state index is 6.16. The minimum Gasteiger partial charge on any atom is -0.377 e. The number of benzene rings is 1. The van der Waals surface area contributed by atoms with E-state index in [1.807, 2.05) is 0 Å². The maximum atomic E-state index is 6.16. The first kappa shape index (κ1) is 8.41. The first-order valence-corrected chi connectivity index (χ1v) is 5.50. The third-order valence-electron chi connectivity index (χ3n) is 2.75. The third-order valence-corrected chi connectivity index (χ3v) is 3.63. The van der Waals surface area contributed by atoms with Gasteiger partial charge in [0.05, 0.1) is 18.8 Å². The molecular formula is C11H11NOS. The van der Waals surface area contributed by atoms with Gasteiger partial charge < -0.3 is 10.5 Å². The number of hydrogen-bond donors (Lipinski definition) is 1. The molecule has 0 radical (unpaired) electrons. The summed E-state index contributed by atoms with van der Waals surface area (Å²) in [5, 5.41) is 3.40. The second-order valence-corrected chi connectivity index (χ2v) is 4.77. The number of thiophene rings is 1. The molecule has 3 heteroatoms. The molecule has 14 heavy (non-hydrogen) atoms. The highest BCUT2D eigenvalue weighted by Crippen LogP contribution is 2.30. The van der Waals surface area contributed by atoms with Crippen molar-refractivity contribution in [2.45, 2.75) is 5.54 Å². The molecule has 0 saturated carbocycles. The van der Waals surface area contributed by atoms with E-state index in [1.54, 1.807) is 11.3 Å². The highest BCUT2D eigenvalue weighted by Gasteiger charge is 2.35. The Hall–Kier alpha value is -0.900. The zero-order valence-electron chi connectivity index (χ0n) is 7.69. The topological polar surface area (TPSA) is 35.2 Å². The number of fused-ring (bicyclic) bond motifs is 1. The predicted molar refractivity (Wildman–Crippen MR) is 58.5 cm³/mol. The van der Waals surface area contributed by atoms with Crippen LogP contribution in [0.5, 0.6) is 0 Å². The molecule has 0 bridgehead atoms. The van der Waals surface area contributed by atoms with Crippen LogP contribution in [-0.4, -0.2) is 13.2 Å². The summed E-state index contributed by atoms with van der Waals surface area (Å²) in [5.74, 6) is 0. The molecule has 1 saturated heterocycles. The van der Waals surface area contributed by atoms with Crippen molar-refractivity contribution < 1.29 is 4.74 Å². The summed E-state index contributed by atoms with van der Waals surface area (Å²) in [6.45, 7) is 1.29. The van der Waals surface area contributed by atoms with E-state index in [0.717, 1.165) is 0 Å². The van der Waals surface area contributed by atoms with E-state index in [0.29, 0.717) is 13.2 Å². The molecule has 0 atom stereocenters. The lowest BCUT2D eigenvalue weighted by Gasteiger charge is -2.38. The Bertz CT molecular complexity index is 473. The van der Waals surface area contributed by atoms with Crippen LogP contribution in [0.4, 0.5) is 0 Å². The van der Waals surface area contributed by atoms with Gasteiger partial charge in [-0.15, -0.1) is 11.3 Å². The Balaban J connectivity index is 2.13. The molecule has 1 aliphatic heterocycles. The van der Waals surface area contributed by atoms with Crippen LogP contribution in [0.3, 0.4) is 0 Å². The summed E-state index contributed by atoms with van der Waals surface area (Å²) < 4.78 is 6.47. The number of ether oxygens (including phenoxy) is 1. The standard InChI is InChI=1S/C11H11NOS/c12-11(6-13-7-11)9-2-1-8-3-4-14-10(8)5-9/h1-5H,6-7,12H2. The molecule has 0 amide bonds. The molecule has 2 aromatic rings. The van der Waals surface area contributed by atoms with Gasteiger partial charge in [0.25, 0.3) is 0 Å². The van der Waals surface area contributed by atoms with Gasteiger partial charge in [-0.3, -0.25) is 0 Å². The van der Waals surface area contributed by atoms with Gasteiger partial charge >= 0.3 is 0 Å². The molecule has 2 nitrogen and oxygen atoms in total. The summed E-state index contributed by atoms with van der Waals surface area (Å²) in [5.41, 5.74) is 7.12. The molecule has 2 N–H and O–H groups in total. The van der Waals surface area contributed by atoms with Crippen molar-refractivity contribution >= 4 is 21.4 Å². The lowest BCUT2D eigenvalue weighted by atomic mass is 9.89. The van der Waals surface area contributed by atoms with Gasteiger partial charge in [0.1, 0.15) is 0 Å². The van der Waals surface area contributed by atoms with Crippen LogP contribution in [0.25, 0.3) is 10.1 Å². The van der Waals surface area contributed by atoms with Crippen molar-refractivity contribution in [2.24, 2.45) is 5.73 Å². The lowest BCUT2D eigenvalue weighted by molar-refractivity contribution is -0.0568. The fourth-order valence-electron chi connectivity index (χ4n) is 1.75. The second kappa shape index (κ2) is 2.79. The number of hydrogen-bond acceptors (Lipinski definition) is 3. The Morgan fingerprint density at radius 1 is 1.29 bits per heavy atom. The van der Waals surface area contributed by atoms with E-state index in [2.05, 4.69) is 29.6 Å². The molecule has 1 fully saturated rings. The average molecular weight is 205 g/mol. The van der Waals surface area contributed by atoms with Crippen molar-refractivity contribution in [1.82, 2.24) is 0 Å². The molecular weight excluding hydrogens is 194 g/mol. The van der Waals surface area contributed by atoms with E-state index < -0.39 is 0 Å². The predicted octanol–water partition coefficient (Wildman–Crippen LogP) is 2.09. The van der Waals surface area contributed by atoms with E-state index in [-0.39, 0.29) is 5.54 Å². The van der Waals surface area contributed by atoms with Crippen LogP contribution in [0.1, 0.15) is 5.56 Å².